The molecule has 0 radical (unpaired) electrons. The SMILES string of the molecule is Fc1c(F)c(F)c(NCc2cncc(Br)c2)c(F)c1F. The highest BCUT2D eigenvalue weighted by Crippen LogP contribution is 2.27. The van der Waals surface area contributed by atoms with Crippen LogP contribution in [0.5, 0.6) is 0 Å². The Morgan fingerprint density at radius 3 is 2.00 bits per heavy atom. The fraction of sp³-hybridized carbons (Fsp3) is 0.0833. The minimum atomic E-state index is -2.19. The van der Waals surface area contributed by atoms with Crippen LogP contribution in [0.3, 0.4) is 0 Å². The molecule has 0 fully saturated rings. The third-order valence-electron chi connectivity index (χ3n) is 2.44. The van der Waals surface area contributed by atoms with Crippen molar-refractivity contribution in [2.24, 2.45) is 0 Å². The van der Waals surface area contributed by atoms with Crippen molar-refractivity contribution in [1.29, 1.82) is 0 Å². The maximum absolute atomic E-state index is 13.4. The van der Waals surface area contributed by atoms with Crippen LogP contribution in [-0.4, -0.2) is 4.98 Å². The van der Waals surface area contributed by atoms with Gasteiger partial charge in [-0.05, 0) is 27.6 Å². The summed E-state index contributed by atoms with van der Waals surface area (Å²) >= 11 is 3.14. The molecule has 2 nitrogen and oxygen atoms in total. The van der Waals surface area contributed by atoms with Crippen LogP contribution in [0, 0.1) is 29.1 Å². The summed E-state index contributed by atoms with van der Waals surface area (Å²) in [6.45, 7) is -0.148. The Kier molecular flexibility index (Phi) is 4.22. The van der Waals surface area contributed by atoms with Crippen molar-refractivity contribution in [2.45, 2.75) is 6.54 Å². The van der Waals surface area contributed by atoms with E-state index in [-0.39, 0.29) is 6.54 Å². The Morgan fingerprint density at radius 1 is 0.900 bits per heavy atom. The maximum atomic E-state index is 13.4. The fourth-order valence-corrected chi connectivity index (χ4v) is 1.92. The summed E-state index contributed by atoms with van der Waals surface area (Å²) < 4.78 is 66.2. The number of nitrogens with zero attached hydrogens (tertiary/aromatic N) is 1. The van der Waals surface area contributed by atoms with E-state index in [0.29, 0.717) is 10.0 Å². The monoisotopic (exact) mass is 352 g/mol. The van der Waals surface area contributed by atoms with Crippen LogP contribution in [0.4, 0.5) is 27.6 Å². The molecule has 0 aliphatic heterocycles. The normalized spacial score (nSPS) is 10.7. The lowest BCUT2D eigenvalue weighted by atomic mass is 10.2. The van der Waals surface area contributed by atoms with Crippen molar-refractivity contribution in [3.63, 3.8) is 0 Å². The molecule has 0 saturated heterocycles. The zero-order valence-corrected chi connectivity index (χ0v) is 11.2. The van der Waals surface area contributed by atoms with Crippen LogP contribution in [0.2, 0.25) is 0 Å². The molecule has 0 bridgehead atoms. The Hall–Kier alpha value is -1.70. The second-order valence-electron chi connectivity index (χ2n) is 3.81. The molecule has 0 amide bonds. The topological polar surface area (TPSA) is 24.9 Å². The lowest BCUT2D eigenvalue weighted by Gasteiger charge is -2.10. The zero-order valence-electron chi connectivity index (χ0n) is 9.65. The van der Waals surface area contributed by atoms with Gasteiger partial charge in [0.15, 0.2) is 23.3 Å². The van der Waals surface area contributed by atoms with Gasteiger partial charge in [-0.3, -0.25) is 4.98 Å². The van der Waals surface area contributed by atoms with E-state index >= 15 is 0 Å². The quantitative estimate of drug-likeness (QED) is 0.510. The molecular formula is C12H6BrF5N2. The second kappa shape index (κ2) is 5.74. The first-order valence-corrected chi connectivity index (χ1v) is 6.06. The molecule has 0 atom stereocenters. The van der Waals surface area contributed by atoms with E-state index in [0.717, 1.165) is 0 Å². The predicted octanol–water partition coefficient (Wildman–Crippen LogP) is 4.15. The van der Waals surface area contributed by atoms with Crippen LogP contribution in [-0.2, 0) is 6.54 Å². The number of hydrogen-bond donors (Lipinski definition) is 1. The van der Waals surface area contributed by atoms with E-state index in [9.17, 15) is 22.0 Å². The average Bonchev–Trinajstić information content (AvgIpc) is 2.43. The van der Waals surface area contributed by atoms with E-state index in [1.165, 1.54) is 12.4 Å². The first-order chi connectivity index (χ1) is 9.41. The number of rotatable bonds is 3. The van der Waals surface area contributed by atoms with E-state index in [4.69, 9.17) is 0 Å². The van der Waals surface area contributed by atoms with Gasteiger partial charge in [-0.2, -0.15) is 0 Å². The molecule has 1 N–H and O–H groups in total. The molecule has 20 heavy (non-hydrogen) atoms. The Balaban J connectivity index is 2.30. The van der Waals surface area contributed by atoms with Crippen molar-refractivity contribution in [3.05, 3.63) is 57.6 Å². The van der Waals surface area contributed by atoms with Crippen molar-refractivity contribution >= 4 is 21.6 Å². The molecule has 0 saturated carbocycles. The smallest absolute Gasteiger partial charge is 0.200 e. The van der Waals surface area contributed by atoms with Crippen molar-refractivity contribution < 1.29 is 22.0 Å². The van der Waals surface area contributed by atoms with Crippen molar-refractivity contribution in [1.82, 2.24) is 4.98 Å². The van der Waals surface area contributed by atoms with Gasteiger partial charge in [-0.25, -0.2) is 22.0 Å². The van der Waals surface area contributed by atoms with E-state index in [2.05, 4.69) is 26.2 Å². The third kappa shape index (κ3) is 2.74. The summed E-state index contributed by atoms with van der Waals surface area (Å²) in [5.41, 5.74) is -0.565. The van der Waals surface area contributed by atoms with Crippen LogP contribution in [0.15, 0.2) is 22.9 Å². The number of hydrogen-bond acceptors (Lipinski definition) is 2. The van der Waals surface area contributed by atoms with Gasteiger partial charge in [0.1, 0.15) is 5.69 Å². The molecule has 2 rings (SSSR count). The number of nitrogens with one attached hydrogen (secondary N) is 1. The van der Waals surface area contributed by atoms with Gasteiger partial charge in [0, 0.05) is 23.4 Å². The molecule has 106 valence electrons. The number of aromatic nitrogens is 1. The first kappa shape index (κ1) is 14.7. The van der Waals surface area contributed by atoms with Gasteiger partial charge in [-0.15, -0.1) is 0 Å². The highest BCUT2D eigenvalue weighted by Gasteiger charge is 2.25. The van der Waals surface area contributed by atoms with E-state index in [1.54, 1.807) is 6.07 Å². The number of halogens is 6. The lowest BCUT2D eigenvalue weighted by molar-refractivity contribution is 0.381. The third-order valence-corrected chi connectivity index (χ3v) is 2.87. The molecule has 0 unspecified atom stereocenters. The molecule has 1 aromatic heterocycles. The maximum Gasteiger partial charge on any atom is 0.200 e. The van der Waals surface area contributed by atoms with Crippen LogP contribution >= 0.6 is 15.9 Å². The van der Waals surface area contributed by atoms with E-state index < -0.39 is 34.8 Å². The molecule has 1 aromatic carbocycles. The molecular weight excluding hydrogens is 347 g/mol. The molecule has 2 aromatic rings. The molecule has 1 heterocycles. The second-order valence-corrected chi connectivity index (χ2v) is 4.73. The van der Waals surface area contributed by atoms with Crippen molar-refractivity contribution in [2.75, 3.05) is 5.32 Å². The summed E-state index contributed by atoms with van der Waals surface area (Å²) in [6.07, 6.45) is 2.88. The summed E-state index contributed by atoms with van der Waals surface area (Å²) in [7, 11) is 0. The van der Waals surface area contributed by atoms with Gasteiger partial charge < -0.3 is 5.32 Å². The van der Waals surface area contributed by atoms with Crippen LogP contribution in [0.1, 0.15) is 5.56 Å². The molecule has 8 heteroatoms. The predicted molar refractivity (Wildman–Crippen MR) is 65.5 cm³/mol. The zero-order chi connectivity index (χ0) is 14.9. The summed E-state index contributed by atoms with van der Waals surface area (Å²) in [5.74, 6) is -9.96. The largest absolute Gasteiger partial charge is 0.376 e. The van der Waals surface area contributed by atoms with E-state index in [1.807, 2.05) is 0 Å². The van der Waals surface area contributed by atoms with Crippen LogP contribution in [0.25, 0.3) is 0 Å². The fourth-order valence-electron chi connectivity index (χ4n) is 1.50. The van der Waals surface area contributed by atoms with Gasteiger partial charge >= 0.3 is 0 Å². The summed E-state index contributed by atoms with van der Waals surface area (Å²) in [5, 5.41) is 2.18. The number of anilines is 1. The highest BCUT2D eigenvalue weighted by atomic mass is 79.9. The average molecular weight is 353 g/mol. The Bertz CT molecular complexity index is 634. The minimum Gasteiger partial charge on any atom is -0.376 e. The Labute approximate surface area is 118 Å². The summed E-state index contributed by atoms with van der Waals surface area (Å²) in [6, 6.07) is 1.59. The van der Waals surface area contributed by atoms with Crippen molar-refractivity contribution in [3.8, 4) is 0 Å². The first-order valence-electron chi connectivity index (χ1n) is 5.26. The number of benzene rings is 1. The standard InChI is InChI=1S/C12H6BrF5N2/c13-6-1-5(2-19-4-6)3-20-12-10(17)8(15)7(14)9(16)11(12)18/h1-2,4,20H,3H2. The molecule has 0 spiro atoms. The number of pyridine rings is 1. The van der Waals surface area contributed by atoms with Gasteiger partial charge in [-0.1, -0.05) is 0 Å². The van der Waals surface area contributed by atoms with Gasteiger partial charge in [0.05, 0.1) is 0 Å². The highest BCUT2D eigenvalue weighted by molar-refractivity contribution is 9.10. The van der Waals surface area contributed by atoms with Crippen LogP contribution < -0.4 is 5.32 Å². The molecule has 0 aliphatic carbocycles. The van der Waals surface area contributed by atoms with Gasteiger partial charge in [0.2, 0.25) is 5.82 Å². The molecule has 0 aliphatic rings. The lowest BCUT2D eigenvalue weighted by Crippen LogP contribution is -2.10. The van der Waals surface area contributed by atoms with Gasteiger partial charge in [0.25, 0.3) is 0 Å². The Morgan fingerprint density at radius 2 is 1.45 bits per heavy atom. The summed E-state index contributed by atoms with van der Waals surface area (Å²) in [4.78, 5) is 3.81. The minimum absolute atomic E-state index is 0.148.